The molecule has 0 bridgehead atoms. The highest BCUT2D eigenvalue weighted by Gasteiger charge is 2.38. The molecule has 0 radical (unpaired) electrons. The number of imidazole rings is 1. The Bertz CT molecular complexity index is 600. The average Bonchev–Trinajstić information content (AvgIpc) is 3.03. The van der Waals surface area contributed by atoms with Gasteiger partial charge in [0.05, 0.1) is 22.7 Å². The Hall–Kier alpha value is -1.39. The molecule has 1 aromatic carbocycles. The topological polar surface area (TPSA) is 47.3 Å². The van der Waals surface area contributed by atoms with E-state index in [1.165, 1.54) is 0 Å². The van der Waals surface area contributed by atoms with E-state index in [4.69, 9.17) is 4.74 Å². The van der Waals surface area contributed by atoms with Crippen molar-refractivity contribution in [3.8, 4) is 0 Å². The van der Waals surface area contributed by atoms with E-state index in [0.717, 1.165) is 42.9 Å². The van der Waals surface area contributed by atoms with Gasteiger partial charge in [-0.2, -0.15) is 0 Å². The number of para-hydroxylation sites is 2. The van der Waals surface area contributed by atoms with Crippen LogP contribution in [-0.4, -0.2) is 33.0 Å². The minimum atomic E-state index is -0.507. The van der Waals surface area contributed by atoms with Gasteiger partial charge < -0.3 is 14.4 Å². The number of aromatic nitrogens is 2. The van der Waals surface area contributed by atoms with Gasteiger partial charge in [0.15, 0.2) is 0 Å². The van der Waals surface area contributed by atoms with E-state index in [1.54, 1.807) is 0 Å². The molecule has 1 aliphatic heterocycles. The molecule has 1 saturated heterocycles. The zero-order valence-electron chi connectivity index (χ0n) is 12.2. The Labute approximate surface area is 119 Å². The molecule has 0 spiro atoms. The van der Waals surface area contributed by atoms with E-state index in [0.29, 0.717) is 6.42 Å². The summed E-state index contributed by atoms with van der Waals surface area (Å²) in [5, 5.41) is 10.5. The Morgan fingerprint density at radius 2 is 2.25 bits per heavy atom. The number of rotatable bonds is 4. The number of aryl methyl sites for hydroxylation is 1. The number of ether oxygens (including phenoxy) is 1. The van der Waals surface area contributed by atoms with Crippen molar-refractivity contribution in [2.24, 2.45) is 0 Å². The number of aliphatic hydroxyl groups is 1. The monoisotopic (exact) mass is 274 g/mol. The Morgan fingerprint density at radius 1 is 1.45 bits per heavy atom. The van der Waals surface area contributed by atoms with E-state index in [9.17, 15) is 5.11 Å². The molecule has 20 heavy (non-hydrogen) atoms. The number of nitrogens with zero attached hydrogens (tertiary/aromatic N) is 2. The number of aliphatic hydroxyl groups excluding tert-OH is 1. The Kier molecular flexibility index (Phi) is 3.52. The highest BCUT2D eigenvalue weighted by Crippen LogP contribution is 2.30. The number of fused-ring (bicyclic) bond motifs is 1. The van der Waals surface area contributed by atoms with E-state index in [-0.39, 0.29) is 0 Å². The number of benzene rings is 1. The molecule has 108 valence electrons. The van der Waals surface area contributed by atoms with Crippen molar-refractivity contribution in [3.05, 3.63) is 30.1 Å². The van der Waals surface area contributed by atoms with Crippen molar-refractivity contribution >= 4 is 11.0 Å². The van der Waals surface area contributed by atoms with Crippen LogP contribution in [0.1, 0.15) is 32.5 Å². The van der Waals surface area contributed by atoms with Crippen LogP contribution in [0.4, 0.5) is 0 Å². The average molecular weight is 274 g/mol. The molecule has 1 aliphatic rings. The maximum atomic E-state index is 10.5. The van der Waals surface area contributed by atoms with Crippen LogP contribution in [0.3, 0.4) is 0 Å². The molecule has 1 N–H and O–H groups in total. The lowest BCUT2D eigenvalue weighted by molar-refractivity contribution is -0.0776. The second-order valence-electron chi connectivity index (χ2n) is 5.75. The lowest BCUT2D eigenvalue weighted by Crippen LogP contribution is -2.40. The summed E-state index contributed by atoms with van der Waals surface area (Å²) in [5.74, 6) is 0.943. The predicted molar refractivity (Wildman–Crippen MR) is 78.7 cm³/mol. The van der Waals surface area contributed by atoms with Crippen LogP contribution >= 0.6 is 0 Å². The maximum Gasteiger partial charge on any atom is 0.112 e. The summed E-state index contributed by atoms with van der Waals surface area (Å²) >= 11 is 0. The first-order valence-corrected chi connectivity index (χ1v) is 7.40. The van der Waals surface area contributed by atoms with Crippen molar-refractivity contribution < 1.29 is 9.84 Å². The van der Waals surface area contributed by atoms with Crippen molar-refractivity contribution in [1.29, 1.82) is 0 Å². The van der Waals surface area contributed by atoms with Crippen LogP contribution in [0, 0.1) is 0 Å². The molecule has 2 unspecified atom stereocenters. The maximum absolute atomic E-state index is 10.5. The van der Waals surface area contributed by atoms with Crippen LogP contribution in [0.2, 0.25) is 0 Å². The first-order valence-electron chi connectivity index (χ1n) is 7.40. The van der Waals surface area contributed by atoms with E-state index >= 15 is 0 Å². The largest absolute Gasteiger partial charge is 0.390 e. The number of hydrogen-bond acceptors (Lipinski definition) is 3. The van der Waals surface area contributed by atoms with Crippen LogP contribution < -0.4 is 0 Å². The van der Waals surface area contributed by atoms with Gasteiger partial charge in [0.25, 0.3) is 0 Å². The summed E-state index contributed by atoms with van der Waals surface area (Å²) in [7, 11) is 0. The third-order valence-electron chi connectivity index (χ3n) is 4.38. The molecular weight excluding hydrogens is 252 g/mol. The predicted octanol–water partition coefficient (Wildman–Crippen LogP) is 2.53. The van der Waals surface area contributed by atoms with Gasteiger partial charge in [0.1, 0.15) is 5.82 Å². The molecule has 2 heterocycles. The quantitative estimate of drug-likeness (QED) is 0.932. The molecule has 1 fully saturated rings. The molecule has 4 nitrogen and oxygen atoms in total. The van der Waals surface area contributed by atoms with Crippen molar-refractivity contribution in [2.75, 3.05) is 6.61 Å². The van der Waals surface area contributed by atoms with Crippen LogP contribution in [-0.2, 0) is 17.7 Å². The summed E-state index contributed by atoms with van der Waals surface area (Å²) in [4.78, 5) is 4.67. The van der Waals surface area contributed by atoms with Crippen LogP contribution in [0.15, 0.2) is 24.3 Å². The van der Waals surface area contributed by atoms with Gasteiger partial charge in [0.2, 0.25) is 0 Å². The van der Waals surface area contributed by atoms with Gasteiger partial charge in [-0.25, -0.2) is 4.98 Å². The lowest BCUT2D eigenvalue weighted by atomic mass is 9.93. The van der Waals surface area contributed by atoms with Gasteiger partial charge in [-0.3, -0.25) is 0 Å². The Balaban J connectivity index is 1.90. The van der Waals surface area contributed by atoms with Crippen molar-refractivity contribution in [2.45, 2.75) is 51.4 Å². The molecule has 4 heteroatoms. The minimum absolute atomic E-state index is 0.420. The summed E-state index contributed by atoms with van der Waals surface area (Å²) in [6.45, 7) is 5.72. The summed E-state index contributed by atoms with van der Waals surface area (Å²) < 4.78 is 7.91. The fourth-order valence-electron chi connectivity index (χ4n) is 3.09. The standard InChI is InChI=1S/C16H22N2O2/c1-3-18-13-8-5-4-7-12(13)17-15(18)11-14(19)16(2)9-6-10-20-16/h4-5,7-8,14,19H,3,6,9-11H2,1-2H3. The molecule has 0 aliphatic carbocycles. The SMILES string of the molecule is CCn1c(CC(O)C2(C)CCCO2)nc2ccccc21. The number of hydrogen-bond donors (Lipinski definition) is 1. The van der Waals surface area contributed by atoms with Gasteiger partial charge >= 0.3 is 0 Å². The van der Waals surface area contributed by atoms with Gasteiger partial charge in [0, 0.05) is 19.6 Å². The zero-order valence-corrected chi connectivity index (χ0v) is 12.2. The molecule has 3 rings (SSSR count). The third-order valence-corrected chi connectivity index (χ3v) is 4.38. The minimum Gasteiger partial charge on any atom is -0.390 e. The second-order valence-corrected chi connectivity index (χ2v) is 5.75. The molecule has 1 aromatic heterocycles. The summed E-state index contributed by atoms with van der Waals surface area (Å²) in [6.07, 6.45) is 1.98. The van der Waals surface area contributed by atoms with Crippen molar-refractivity contribution in [3.63, 3.8) is 0 Å². The van der Waals surface area contributed by atoms with Crippen LogP contribution in [0.25, 0.3) is 11.0 Å². The van der Waals surface area contributed by atoms with Gasteiger partial charge in [-0.15, -0.1) is 0 Å². The lowest BCUT2D eigenvalue weighted by Gasteiger charge is -2.29. The van der Waals surface area contributed by atoms with E-state index in [1.807, 2.05) is 25.1 Å². The fourth-order valence-corrected chi connectivity index (χ4v) is 3.09. The van der Waals surface area contributed by atoms with Gasteiger partial charge in [-0.05, 0) is 38.8 Å². The van der Waals surface area contributed by atoms with E-state index in [2.05, 4.69) is 22.5 Å². The second kappa shape index (κ2) is 5.19. The highest BCUT2D eigenvalue weighted by molar-refractivity contribution is 5.75. The molecular formula is C16H22N2O2. The molecule has 0 amide bonds. The van der Waals surface area contributed by atoms with Crippen molar-refractivity contribution in [1.82, 2.24) is 9.55 Å². The zero-order chi connectivity index (χ0) is 14.2. The molecule has 0 saturated carbocycles. The fraction of sp³-hybridized carbons (Fsp3) is 0.562. The van der Waals surface area contributed by atoms with Crippen LogP contribution in [0.5, 0.6) is 0 Å². The van der Waals surface area contributed by atoms with Gasteiger partial charge in [-0.1, -0.05) is 12.1 Å². The summed E-state index contributed by atoms with van der Waals surface area (Å²) in [6, 6.07) is 8.12. The molecule has 2 aromatic rings. The highest BCUT2D eigenvalue weighted by atomic mass is 16.5. The van der Waals surface area contributed by atoms with E-state index < -0.39 is 11.7 Å². The Morgan fingerprint density at radius 3 is 2.95 bits per heavy atom. The summed E-state index contributed by atoms with van der Waals surface area (Å²) in [5.41, 5.74) is 1.71. The molecule has 2 atom stereocenters. The first kappa shape index (κ1) is 13.6. The first-order chi connectivity index (χ1) is 9.64. The third kappa shape index (κ3) is 2.23. The smallest absolute Gasteiger partial charge is 0.112 e. The normalized spacial score (nSPS) is 24.4.